The number of rotatable bonds is 4. The molecule has 118 valence electrons. The fourth-order valence-electron chi connectivity index (χ4n) is 3.11. The summed E-state index contributed by atoms with van der Waals surface area (Å²) in [4.78, 5) is 12.2. The summed E-state index contributed by atoms with van der Waals surface area (Å²) in [6.45, 7) is 0.717. The average molecular weight is 301 g/mol. The molecular weight excluding hydrogens is 278 g/mol. The van der Waals surface area contributed by atoms with Crippen LogP contribution in [-0.4, -0.2) is 33.0 Å². The minimum absolute atomic E-state index is 0.0651. The van der Waals surface area contributed by atoms with E-state index in [1.54, 1.807) is 4.68 Å². The number of fused-ring (bicyclic) bond motifs is 1. The molecule has 1 saturated carbocycles. The molecule has 1 aromatic heterocycles. The van der Waals surface area contributed by atoms with Gasteiger partial charge in [0.1, 0.15) is 12.1 Å². The van der Waals surface area contributed by atoms with Crippen LogP contribution in [0.2, 0.25) is 0 Å². The van der Waals surface area contributed by atoms with Gasteiger partial charge in [0.15, 0.2) is 0 Å². The summed E-state index contributed by atoms with van der Waals surface area (Å²) in [5, 5.41) is 11.1. The second kappa shape index (κ2) is 6.44. The van der Waals surface area contributed by atoms with E-state index in [1.165, 1.54) is 12.8 Å². The summed E-state index contributed by atoms with van der Waals surface area (Å²) >= 11 is 0. The quantitative estimate of drug-likeness (QED) is 0.840. The third-order valence-electron chi connectivity index (χ3n) is 4.45. The van der Waals surface area contributed by atoms with Crippen molar-refractivity contribution in [1.82, 2.24) is 20.3 Å². The maximum Gasteiger partial charge on any atom is 0.241 e. The maximum atomic E-state index is 12.2. The third-order valence-corrected chi connectivity index (χ3v) is 4.45. The van der Waals surface area contributed by atoms with Gasteiger partial charge < -0.3 is 11.1 Å². The highest BCUT2D eigenvalue weighted by atomic mass is 16.2. The Labute approximate surface area is 130 Å². The van der Waals surface area contributed by atoms with E-state index in [0.29, 0.717) is 6.54 Å². The first-order valence-corrected chi connectivity index (χ1v) is 8.00. The van der Waals surface area contributed by atoms with Crippen LogP contribution in [-0.2, 0) is 11.3 Å². The number of nitrogens with two attached hydrogens (primary N) is 1. The Morgan fingerprint density at radius 3 is 2.73 bits per heavy atom. The number of aromatic nitrogens is 3. The lowest BCUT2D eigenvalue weighted by Gasteiger charge is -2.28. The second-order valence-corrected chi connectivity index (χ2v) is 6.29. The summed E-state index contributed by atoms with van der Waals surface area (Å²) in [5.74, 6) is -0.0651. The van der Waals surface area contributed by atoms with Crippen LogP contribution < -0.4 is 11.1 Å². The Bertz CT molecular complexity index is 643. The number of nitrogens with one attached hydrogen (secondary N) is 1. The van der Waals surface area contributed by atoms with E-state index in [0.717, 1.165) is 36.7 Å². The highest BCUT2D eigenvalue weighted by Crippen LogP contribution is 2.24. The first-order chi connectivity index (χ1) is 10.7. The minimum Gasteiger partial charge on any atom is -0.353 e. The zero-order valence-electron chi connectivity index (χ0n) is 12.8. The fraction of sp³-hybridized carbons (Fsp3) is 0.562. The Morgan fingerprint density at radius 2 is 1.95 bits per heavy atom. The van der Waals surface area contributed by atoms with Crippen LogP contribution in [0.25, 0.3) is 11.0 Å². The molecule has 0 saturated heterocycles. The van der Waals surface area contributed by atoms with Crippen molar-refractivity contribution in [2.75, 3.05) is 6.54 Å². The topological polar surface area (TPSA) is 85.8 Å². The number of hydrogen-bond acceptors (Lipinski definition) is 4. The van der Waals surface area contributed by atoms with Crippen LogP contribution in [0.5, 0.6) is 0 Å². The molecule has 1 fully saturated rings. The number of carbonyl (C=O) groups excluding carboxylic acids is 1. The van der Waals surface area contributed by atoms with E-state index in [-0.39, 0.29) is 18.0 Å². The van der Waals surface area contributed by atoms with Crippen molar-refractivity contribution >= 4 is 16.9 Å². The maximum absolute atomic E-state index is 12.2. The Morgan fingerprint density at radius 1 is 1.23 bits per heavy atom. The molecule has 0 unspecified atom stereocenters. The summed E-state index contributed by atoms with van der Waals surface area (Å²) < 4.78 is 1.63. The van der Waals surface area contributed by atoms with Crippen molar-refractivity contribution in [3.8, 4) is 0 Å². The van der Waals surface area contributed by atoms with Gasteiger partial charge in [0.05, 0.1) is 5.52 Å². The molecule has 0 atom stereocenters. The highest BCUT2D eigenvalue weighted by molar-refractivity contribution is 5.79. The Kier molecular flexibility index (Phi) is 4.38. The number of nitrogens with zero attached hydrogens (tertiary/aromatic N) is 3. The first-order valence-electron chi connectivity index (χ1n) is 8.00. The third kappa shape index (κ3) is 3.44. The molecule has 1 aliphatic carbocycles. The SMILES string of the molecule is NC1(CNC(=O)Cn2nnc3ccccc32)CCCCCC1. The molecule has 0 radical (unpaired) electrons. The summed E-state index contributed by atoms with van der Waals surface area (Å²) in [7, 11) is 0. The van der Waals surface area contributed by atoms with E-state index in [1.807, 2.05) is 24.3 Å². The number of amides is 1. The van der Waals surface area contributed by atoms with Crippen LogP contribution in [0.3, 0.4) is 0 Å². The largest absolute Gasteiger partial charge is 0.353 e. The molecule has 6 nitrogen and oxygen atoms in total. The van der Waals surface area contributed by atoms with E-state index >= 15 is 0 Å². The van der Waals surface area contributed by atoms with Crippen molar-refractivity contribution in [1.29, 1.82) is 0 Å². The lowest BCUT2D eigenvalue weighted by molar-refractivity contribution is -0.122. The zero-order valence-corrected chi connectivity index (χ0v) is 12.8. The minimum atomic E-state index is -0.253. The van der Waals surface area contributed by atoms with Gasteiger partial charge in [-0.2, -0.15) is 0 Å². The Balaban J connectivity index is 1.58. The Hall–Kier alpha value is -1.95. The van der Waals surface area contributed by atoms with Crippen LogP contribution in [0, 0.1) is 0 Å². The first kappa shape index (κ1) is 15.0. The second-order valence-electron chi connectivity index (χ2n) is 6.29. The molecule has 1 aliphatic rings. The molecule has 0 aliphatic heterocycles. The molecule has 3 N–H and O–H groups in total. The number of benzene rings is 1. The molecule has 1 heterocycles. The van der Waals surface area contributed by atoms with Gasteiger partial charge >= 0.3 is 0 Å². The van der Waals surface area contributed by atoms with Gasteiger partial charge in [-0.15, -0.1) is 5.10 Å². The summed E-state index contributed by atoms with van der Waals surface area (Å²) in [6, 6.07) is 7.63. The van der Waals surface area contributed by atoms with Gasteiger partial charge in [0.2, 0.25) is 5.91 Å². The van der Waals surface area contributed by atoms with Crippen molar-refractivity contribution in [3.05, 3.63) is 24.3 Å². The molecule has 1 aromatic carbocycles. The van der Waals surface area contributed by atoms with Crippen molar-refractivity contribution < 1.29 is 4.79 Å². The lowest BCUT2D eigenvalue weighted by atomic mass is 9.91. The number of hydrogen-bond donors (Lipinski definition) is 2. The van der Waals surface area contributed by atoms with Gasteiger partial charge in [-0.05, 0) is 25.0 Å². The summed E-state index contributed by atoms with van der Waals surface area (Å²) in [5.41, 5.74) is 7.84. The standard InChI is InChI=1S/C16H23N5O/c17-16(9-5-1-2-6-10-16)12-18-15(22)11-21-14-8-4-3-7-13(14)19-20-21/h3-4,7-8H,1-2,5-6,9-12,17H2,(H,18,22). The monoisotopic (exact) mass is 301 g/mol. The predicted molar refractivity (Wildman–Crippen MR) is 85.2 cm³/mol. The van der Waals surface area contributed by atoms with Gasteiger partial charge in [-0.1, -0.05) is 43.0 Å². The van der Waals surface area contributed by atoms with E-state index in [9.17, 15) is 4.79 Å². The van der Waals surface area contributed by atoms with Crippen molar-refractivity contribution in [2.45, 2.75) is 50.6 Å². The molecular formula is C16H23N5O. The van der Waals surface area contributed by atoms with E-state index < -0.39 is 0 Å². The smallest absolute Gasteiger partial charge is 0.241 e. The molecule has 1 amide bonds. The summed E-state index contributed by atoms with van der Waals surface area (Å²) in [6.07, 6.45) is 6.77. The molecule has 0 spiro atoms. The predicted octanol–water partition coefficient (Wildman–Crippen LogP) is 1.60. The zero-order chi connectivity index (χ0) is 15.4. The van der Waals surface area contributed by atoms with Gasteiger partial charge in [0.25, 0.3) is 0 Å². The van der Waals surface area contributed by atoms with Crippen LogP contribution >= 0.6 is 0 Å². The fourth-order valence-corrected chi connectivity index (χ4v) is 3.11. The average Bonchev–Trinajstić information content (AvgIpc) is 2.79. The lowest BCUT2D eigenvalue weighted by Crippen LogP contribution is -2.50. The van der Waals surface area contributed by atoms with Crippen molar-refractivity contribution in [2.24, 2.45) is 5.73 Å². The van der Waals surface area contributed by atoms with Crippen molar-refractivity contribution in [3.63, 3.8) is 0 Å². The van der Waals surface area contributed by atoms with Crippen LogP contribution in [0.15, 0.2) is 24.3 Å². The molecule has 22 heavy (non-hydrogen) atoms. The van der Waals surface area contributed by atoms with Gasteiger partial charge in [-0.3, -0.25) is 4.79 Å². The van der Waals surface area contributed by atoms with Crippen LogP contribution in [0.1, 0.15) is 38.5 Å². The molecule has 6 heteroatoms. The van der Waals surface area contributed by atoms with Gasteiger partial charge in [0, 0.05) is 12.1 Å². The van der Waals surface area contributed by atoms with E-state index in [2.05, 4.69) is 15.6 Å². The normalized spacial score (nSPS) is 18.0. The molecule has 2 aromatic rings. The molecule has 3 rings (SSSR count). The molecule has 0 bridgehead atoms. The van der Waals surface area contributed by atoms with Gasteiger partial charge in [-0.25, -0.2) is 4.68 Å². The van der Waals surface area contributed by atoms with E-state index in [4.69, 9.17) is 5.73 Å². The number of para-hydroxylation sites is 1. The van der Waals surface area contributed by atoms with Crippen LogP contribution in [0.4, 0.5) is 0 Å². The number of carbonyl (C=O) groups is 1. The highest BCUT2D eigenvalue weighted by Gasteiger charge is 2.26.